The zero-order valence-corrected chi connectivity index (χ0v) is 18.5. The highest BCUT2D eigenvalue weighted by atomic mass is 32.2. The number of carbonyl (C=O) groups excluding carboxylic acids is 2. The van der Waals surface area contributed by atoms with Crippen molar-refractivity contribution in [2.75, 3.05) is 13.7 Å². The molecule has 10 heteroatoms. The number of ether oxygens (including phenoxy) is 1. The van der Waals surface area contributed by atoms with E-state index in [1.54, 1.807) is 11.8 Å². The van der Waals surface area contributed by atoms with Crippen LogP contribution in [-0.2, 0) is 4.79 Å². The van der Waals surface area contributed by atoms with Gasteiger partial charge in [-0.2, -0.15) is 4.68 Å². The number of thioether (sulfide) groups is 1. The molecule has 3 aromatic rings. The van der Waals surface area contributed by atoms with Crippen LogP contribution in [0.1, 0.15) is 35.2 Å². The van der Waals surface area contributed by atoms with E-state index in [1.165, 1.54) is 40.9 Å². The maximum atomic E-state index is 13.3. The first-order valence-corrected chi connectivity index (χ1v) is 11.1. The van der Waals surface area contributed by atoms with Crippen molar-refractivity contribution in [1.29, 1.82) is 0 Å². The van der Waals surface area contributed by atoms with Crippen molar-refractivity contribution < 1.29 is 18.7 Å². The van der Waals surface area contributed by atoms with Gasteiger partial charge in [-0.3, -0.25) is 14.5 Å². The molecule has 8 nitrogen and oxygen atoms in total. The predicted octanol–water partition coefficient (Wildman–Crippen LogP) is 3.43. The van der Waals surface area contributed by atoms with Gasteiger partial charge in [-0.05, 0) is 72.2 Å². The van der Waals surface area contributed by atoms with Gasteiger partial charge >= 0.3 is 0 Å². The summed E-state index contributed by atoms with van der Waals surface area (Å²) in [4.78, 5) is 27.5. The number of imide groups is 1. The van der Waals surface area contributed by atoms with Crippen LogP contribution in [0.3, 0.4) is 0 Å². The summed E-state index contributed by atoms with van der Waals surface area (Å²) in [6, 6.07) is 10.9. The number of aryl methyl sites for hydroxylation is 1. The molecule has 0 aliphatic carbocycles. The van der Waals surface area contributed by atoms with E-state index in [4.69, 9.17) is 4.74 Å². The van der Waals surface area contributed by atoms with Crippen molar-refractivity contribution in [3.63, 3.8) is 0 Å². The molecule has 1 aliphatic heterocycles. The molecule has 0 N–H and O–H groups in total. The van der Waals surface area contributed by atoms with Crippen molar-refractivity contribution in [3.8, 4) is 11.4 Å². The molecule has 0 radical (unpaired) electrons. The number of tetrazole rings is 1. The third-order valence-electron chi connectivity index (χ3n) is 5.23. The molecule has 0 spiro atoms. The highest BCUT2D eigenvalue weighted by molar-refractivity contribution is 8.00. The molecule has 0 saturated carbocycles. The van der Waals surface area contributed by atoms with E-state index in [0.717, 1.165) is 12.0 Å². The average molecular weight is 456 g/mol. The summed E-state index contributed by atoms with van der Waals surface area (Å²) in [7, 11) is 1.57. The number of hydrogen-bond donors (Lipinski definition) is 0. The molecular formula is C22H22FN5O3S. The number of nitrogens with zero attached hydrogens (tertiary/aromatic N) is 5. The Balaban J connectivity index is 1.59. The predicted molar refractivity (Wildman–Crippen MR) is 116 cm³/mol. The van der Waals surface area contributed by atoms with Crippen LogP contribution in [0, 0.1) is 12.7 Å². The number of halogens is 1. The minimum Gasteiger partial charge on any atom is -0.494 e. The van der Waals surface area contributed by atoms with Gasteiger partial charge in [0, 0.05) is 12.1 Å². The first-order valence-electron chi connectivity index (χ1n) is 10.2. The Morgan fingerprint density at radius 3 is 2.72 bits per heavy atom. The molecular weight excluding hydrogens is 433 g/mol. The van der Waals surface area contributed by atoms with Gasteiger partial charge in [-0.25, -0.2) is 4.39 Å². The first kappa shape index (κ1) is 21.9. The number of amides is 2. The van der Waals surface area contributed by atoms with E-state index in [-0.39, 0.29) is 11.5 Å². The monoisotopic (exact) mass is 455 g/mol. The van der Waals surface area contributed by atoms with E-state index >= 15 is 0 Å². The lowest BCUT2D eigenvalue weighted by Gasteiger charge is -2.22. The molecule has 0 unspecified atom stereocenters. The summed E-state index contributed by atoms with van der Waals surface area (Å²) in [5.74, 6) is -0.560. The number of aromatic nitrogens is 4. The molecule has 166 valence electrons. The van der Waals surface area contributed by atoms with E-state index in [1.807, 2.05) is 25.1 Å². The van der Waals surface area contributed by atoms with Crippen LogP contribution in [0.15, 0.2) is 47.6 Å². The normalized spacial score (nSPS) is 16.7. The van der Waals surface area contributed by atoms with Crippen molar-refractivity contribution in [2.45, 2.75) is 36.6 Å². The van der Waals surface area contributed by atoms with Crippen LogP contribution >= 0.6 is 11.8 Å². The second-order valence-electron chi connectivity index (χ2n) is 7.45. The summed E-state index contributed by atoms with van der Waals surface area (Å²) in [6.45, 7) is 2.27. The fourth-order valence-electron chi connectivity index (χ4n) is 3.56. The van der Waals surface area contributed by atoms with Crippen LogP contribution in [0.25, 0.3) is 5.69 Å². The van der Waals surface area contributed by atoms with Crippen LogP contribution in [0.5, 0.6) is 5.75 Å². The molecule has 1 aromatic heterocycles. The summed E-state index contributed by atoms with van der Waals surface area (Å²) >= 11 is 1.23. The third-order valence-corrected chi connectivity index (χ3v) is 6.41. The topological polar surface area (TPSA) is 90.2 Å². The molecule has 32 heavy (non-hydrogen) atoms. The summed E-state index contributed by atoms with van der Waals surface area (Å²) < 4.78 is 20.2. The van der Waals surface area contributed by atoms with Gasteiger partial charge in [0.1, 0.15) is 17.3 Å². The van der Waals surface area contributed by atoms with Crippen LogP contribution < -0.4 is 4.74 Å². The number of benzene rings is 2. The number of likely N-dealkylation sites (tertiary alicyclic amines) is 1. The smallest absolute Gasteiger partial charge is 0.260 e. The average Bonchev–Trinajstić information content (AvgIpc) is 3.18. The summed E-state index contributed by atoms with van der Waals surface area (Å²) in [5, 5.41) is 11.9. The lowest BCUT2D eigenvalue weighted by molar-refractivity contribution is -0.127. The number of rotatable bonds is 5. The molecule has 1 fully saturated rings. The number of methoxy groups -OCH3 is 1. The Kier molecular flexibility index (Phi) is 6.50. The Bertz CT molecular complexity index is 1130. The van der Waals surface area contributed by atoms with E-state index in [2.05, 4.69) is 15.5 Å². The Morgan fingerprint density at radius 1 is 1.19 bits per heavy atom. The van der Waals surface area contributed by atoms with Gasteiger partial charge < -0.3 is 4.74 Å². The van der Waals surface area contributed by atoms with Crippen LogP contribution in [0.2, 0.25) is 0 Å². The van der Waals surface area contributed by atoms with Gasteiger partial charge in [0.25, 0.3) is 5.91 Å². The lowest BCUT2D eigenvalue weighted by atomic mass is 10.2. The molecule has 1 atom stereocenters. The van der Waals surface area contributed by atoms with Crippen molar-refractivity contribution in [1.82, 2.24) is 25.1 Å². The zero-order chi connectivity index (χ0) is 22.7. The minimum absolute atomic E-state index is 0.278. The molecule has 2 aromatic carbocycles. The van der Waals surface area contributed by atoms with Gasteiger partial charge in [0.15, 0.2) is 0 Å². The Morgan fingerprint density at radius 2 is 1.97 bits per heavy atom. The Labute approximate surface area is 188 Å². The molecule has 1 saturated heterocycles. The van der Waals surface area contributed by atoms with Gasteiger partial charge in [0.2, 0.25) is 11.1 Å². The molecule has 2 amide bonds. The Hall–Kier alpha value is -3.27. The highest BCUT2D eigenvalue weighted by Crippen LogP contribution is 2.32. The lowest BCUT2D eigenvalue weighted by Crippen LogP contribution is -2.41. The molecule has 4 rings (SSSR count). The highest BCUT2D eigenvalue weighted by Gasteiger charge is 2.33. The fourth-order valence-corrected chi connectivity index (χ4v) is 4.65. The molecule has 1 aliphatic rings. The van der Waals surface area contributed by atoms with E-state index in [9.17, 15) is 14.0 Å². The number of hydrogen-bond acceptors (Lipinski definition) is 7. The second-order valence-corrected chi connectivity index (χ2v) is 8.62. The fraction of sp³-hybridized carbons (Fsp3) is 0.318. The van der Waals surface area contributed by atoms with E-state index in [0.29, 0.717) is 36.0 Å². The summed E-state index contributed by atoms with van der Waals surface area (Å²) in [5.41, 5.74) is 1.95. The largest absolute Gasteiger partial charge is 0.494 e. The SMILES string of the molecule is COc1ccc(C)cc1-n1nnnc1S[C@H]1CCCCN(C(=O)c2ccc(F)cc2)C1=O. The van der Waals surface area contributed by atoms with Crippen molar-refractivity contribution in [2.24, 2.45) is 0 Å². The molecule has 0 bridgehead atoms. The number of carbonyl (C=O) groups is 2. The quantitative estimate of drug-likeness (QED) is 0.545. The standard InChI is InChI=1S/C22H22FN5O3S/c1-14-6-11-18(31-2)17(13-14)28-22(24-25-26-28)32-19-5-3-4-12-27(21(19)30)20(29)15-7-9-16(23)10-8-15/h6-11,13,19H,3-5,12H2,1-2H3/t19-/m0/s1. The third kappa shape index (κ3) is 4.50. The first-order chi connectivity index (χ1) is 15.5. The minimum atomic E-state index is -0.526. The second kappa shape index (κ2) is 9.47. The summed E-state index contributed by atoms with van der Waals surface area (Å²) in [6.07, 6.45) is 2.08. The van der Waals surface area contributed by atoms with Crippen molar-refractivity contribution in [3.05, 3.63) is 59.4 Å². The zero-order valence-electron chi connectivity index (χ0n) is 17.7. The van der Waals surface area contributed by atoms with Crippen LogP contribution in [-0.4, -0.2) is 55.8 Å². The van der Waals surface area contributed by atoms with E-state index < -0.39 is 17.0 Å². The maximum absolute atomic E-state index is 13.3. The van der Waals surface area contributed by atoms with Gasteiger partial charge in [0.05, 0.1) is 12.4 Å². The van der Waals surface area contributed by atoms with Crippen molar-refractivity contribution >= 4 is 23.6 Å². The molecule has 2 heterocycles. The maximum Gasteiger partial charge on any atom is 0.260 e. The van der Waals surface area contributed by atoms with Crippen LogP contribution in [0.4, 0.5) is 4.39 Å². The van der Waals surface area contributed by atoms with Gasteiger partial charge in [-0.1, -0.05) is 24.2 Å². The van der Waals surface area contributed by atoms with Gasteiger partial charge in [-0.15, -0.1) is 5.10 Å².